The van der Waals surface area contributed by atoms with Crippen molar-refractivity contribution in [3.63, 3.8) is 0 Å². The Morgan fingerprint density at radius 1 is 1.24 bits per heavy atom. The molecule has 1 fully saturated rings. The number of carbonyl (C=O) groups excluding carboxylic acids is 1. The maximum atomic E-state index is 12.7. The zero-order chi connectivity index (χ0) is 22.8. The lowest BCUT2D eigenvalue weighted by molar-refractivity contribution is -0.128. The maximum absolute atomic E-state index is 12.7. The van der Waals surface area contributed by atoms with Crippen molar-refractivity contribution in [2.24, 2.45) is 5.92 Å². The first-order valence-corrected chi connectivity index (χ1v) is 11.8. The summed E-state index contributed by atoms with van der Waals surface area (Å²) in [4.78, 5) is 14.6. The third kappa shape index (κ3) is 4.63. The predicted molar refractivity (Wildman–Crippen MR) is 131 cm³/mol. The van der Waals surface area contributed by atoms with Crippen molar-refractivity contribution < 1.29 is 17.0 Å². The van der Waals surface area contributed by atoms with E-state index in [1.54, 1.807) is 12.5 Å². The van der Waals surface area contributed by atoms with Crippen LogP contribution in [0, 0.1) is 12.8 Å². The summed E-state index contributed by atoms with van der Waals surface area (Å²) in [5.74, 6) is 1.23. The molecule has 170 valence electrons. The van der Waals surface area contributed by atoms with Crippen molar-refractivity contribution in [3.05, 3.63) is 84.2 Å². The molecule has 0 radical (unpaired) electrons. The Morgan fingerprint density at radius 3 is 2.79 bits per heavy atom. The van der Waals surface area contributed by atoms with E-state index in [2.05, 4.69) is 31.2 Å². The quantitative estimate of drug-likeness (QED) is 0.358. The summed E-state index contributed by atoms with van der Waals surface area (Å²) < 4.78 is 18.4. The van der Waals surface area contributed by atoms with Gasteiger partial charge in [-0.1, -0.05) is 23.8 Å². The number of amides is 1. The molecule has 0 bridgehead atoms. The topological polar surface area (TPSA) is 69.7 Å². The summed E-state index contributed by atoms with van der Waals surface area (Å²) >= 11 is 1.89. The second-order valence-electron chi connectivity index (χ2n) is 8.30. The highest BCUT2D eigenvalue weighted by atomic mass is 127. The van der Waals surface area contributed by atoms with Crippen LogP contribution >= 0.6 is 23.0 Å². The number of allylic oxidation sites excluding steroid dienone is 3. The second kappa shape index (κ2) is 9.56. The monoisotopic (exact) mass is 557 g/mol. The van der Waals surface area contributed by atoms with Crippen LogP contribution in [0.5, 0.6) is 0 Å². The maximum Gasteiger partial charge on any atom is 0.250 e. The number of halogens is 1. The minimum Gasteiger partial charge on any atom is -0.472 e. The van der Waals surface area contributed by atoms with Crippen LogP contribution in [0.1, 0.15) is 30.2 Å². The van der Waals surface area contributed by atoms with Crippen LogP contribution in [-0.2, 0) is 12.6 Å². The molecule has 1 aliphatic carbocycles. The molecular weight excluding hydrogens is 533 g/mol. The van der Waals surface area contributed by atoms with Crippen LogP contribution in [0.2, 0.25) is 0 Å². The average Bonchev–Trinajstić information content (AvgIpc) is 3.58. The van der Waals surface area contributed by atoms with Gasteiger partial charge in [0.2, 0.25) is 0 Å². The molecule has 2 aliphatic rings. The number of ether oxygens (including phenoxy) is 1. The van der Waals surface area contributed by atoms with Gasteiger partial charge in [0.05, 0.1) is 18.2 Å². The fourth-order valence-electron chi connectivity index (χ4n) is 4.20. The molecular formula is C25H24IN3O4. The van der Waals surface area contributed by atoms with Crippen molar-refractivity contribution in [1.29, 1.82) is 0 Å². The summed E-state index contributed by atoms with van der Waals surface area (Å²) in [6.07, 6.45) is 12.7. The number of nitrogens with zero attached hydrogens (tertiary/aromatic N) is 3. The van der Waals surface area contributed by atoms with E-state index in [9.17, 15) is 4.79 Å². The molecule has 2 atom stereocenters. The largest absolute Gasteiger partial charge is 0.472 e. The zero-order valence-electron chi connectivity index (χ0n) is 18.2. The molecule has 1 saturated heterocycles. The highest BCUT2D eigenvalue weighted by Gasteiger charge is 2.36. The van der Waals surface area contributed by atoms with Crippen molar-refractivity contribution in [2.75, 3.05) is 13.2 Å². The molecule has 8 heteroatoms. The number of aromatic nitrogens is 2. The van der Waals surface area contributed by atoms with Gasteiger partial charge < -0.3 is 17.1 Å². The molecule has 1 amide bonds. The van der Waals surface area contributed by atoms with Gasteiger partial charge in [0, 0.05) is 23.9 Å². The number of hydrogen-bond donors (Lipinski definition) is 0. The van der Waals surface area contributed by atoms with E-state index in [1.165, 1.54) is 5.56 Å². The third-order valence-electron chi connectivity index (χ3n) is 6.05. The molecule has 2 aromatic heterocycles. The normalized spacial score (nSPS) is 20.4. The lowest BCUT2D eigenvalue weighted by atomic mass is 9.96. The molecule has 0 saturated carbocycles. The minimum absolute atomic E-state index is 0.00662. The average molecular weight is 557 g/mol. The van der Waals surface area contributed by atoms with E-state index in [0.29, 0.717) is 12.5 Å². The van der Waals surface area contributed by atoms with E-state index >= 15 is 0 Å². The van der Waals surface area contributed by atoms with E-state index in [1.807, 2.05) is 63.1 Å². The van der Waals surface area contributed by atoms with Crippen molar-refractivity contribution in [1.82, 2.24) is 14.7 Å². The lowest BCUT2D eigenvalue weighted by Crippen LogP contribution is -2.30. The Morgan fingerprint density at radius 2 is 2.09 bits per heavy atom. The van der Waals surface area contributed by atoms with Crippen molar-refractivity contribution in [2.45, 2.75) is 26.0 Å². The van der Waals surface area contributed by atoms with Crippen LogP contribution in [0.3, 0.4) is 0 Å². The first-order valence-electron chi connectivity index (χ1n) is 10.9. The number of rotatable bonds is 7. The molecule has 1 unspecified atom stereocenters. The molecule has 3 aromatic rings. The predicted octanol–water partition coefficient (Wildman–Crippen LogP) is 5.51. The smallest absolute Gasteiger partial charge is 0.250 e. The Kier molecular flexibility index (Phi) is 6.37. The van der Waals surface area contributed by atoms with Gasteiger partial charge in [-0.2, -0.15) is 5.10 Å². The van der Waals surface area contributed by atoms with Gasteiger partial charge in [0.15, 0.2) is 29.2 Å². The van der Waals surface area contributed by atoms with E-state index < -0.39 is 6.23 Å². The summed E-state index contributed by atoms with van der Waals surface area (Å²) in [5.41, 5.74) is 4.58. The number of aryl methyl sites for hydroxylation is 1. The van der Waals surface area contributed by atoms with Gasteiger partial charge in [0.25, 0.3) is 5.91 Å². The molecule has 1 aromatic carbocycles. The lowest BCUT2D eigenvalue weighted by Gasteiger charge is -2.25. The molecule has 5 rings (SSSR count). The molecule has 1 aliphatic heterocycles. The minimum atomic E-state index is -0.488. The fourth-order valence-corrected chi connectivity index (χ4v) is 4.52. The van der Waals surface area contributed by atoms with Crippen molar-refractivity contribution in [3.8, 4) is 16.9 Å². The third-order valence-corrected chi connectivity index (χ3v) is 6.56. The summed E-state index contributed by atoms with van der Waals surface area (Å²) in [6.45, 7) is 2.73. The Bertz CT molecular complexity index is 1180. The fraction of sp³-hybridized carbons (Fsp3) is 0.280. The van der Waals surface area contributed by atoms with Gasteiger partial charge in [-0.25, -0.2) is 4.68 Å². The van der Waals surface area contributed by atoms with Gasteiger partial charge in [0.1, 0.15) is 18.1 Å². The van der Waals surface area contributed by atoms with Gasteiger partial charge in [-0.3, -0.25) is 4.79 Å². The van der Waals surface area contributed by atoms with Gasteiger partial charge in [-0.15, -0.1) is 0 Å². The Hall–Kier alpha value is -2.85. The molecule has 0 spiro atoms. The van der Waals surface area contributed by atoms with Gasteiger partial charge in [-0.05, 0) is 56.0 Å². The number of carbonyl (C=O) groups is 1. The Balaban J connectivity index is 1.41. The Labute approximate surface area is 206 Å². The van der Waals surface area contributed by atoms with E-state index in [0.717, 1.165) is 41.1 Å². The van der Waals surface area contributed by atoms with E-state index in [-0.39, 0.29) is 12.5 Å². The number of hydrogen-bond acceptors (Lipinski definition) is 5. The van der Waals surface area contributed by atoms with Crippen LogP contribution in [0.15, 0.2) is 77.5 Å². The molecule has 33 heavy (non-hydrogen) atoms. The van der Waals surface area contributed by atoms with Crippen LogP contribution < -0.4 is 0 Å². The summed E-state index contributed by atoms with van der Waals surface area (Å²) in [6, 6.07) is 10.0. The molecule has 3 heterocycles. The highest BCUT2D eigenvalue weighted by molar-refractivity contribution is 14.1. The standard InChI is InChI=1S/C25H24IN3O4/c1-17-2-6-20(7-3-17)29-14-22(24(27-29)19-11-13-31-15-19)25-28(23(30)16-32-25)12-10-18-4-8-21(33-26)9-5-18/h2-4,6-9,11,13-15,18,25H,5,10,12,16H2,1H3/t18-,25?/m0/s1. The zero-order valence-corrected chi connectivity index (χ0v) is 20.3. The first-order chi connectivity index (χ1) is 16.1. The summed E-state index contributed by atoms with van der Waals surface area (Å²) in [7, 11) is 0. The first kappa shape index (κ1) is 22.0. The number of benzene rings is 1. The van der Waals surface area contributed by atoms with Gasteiger partial charge >= 0.3 is 0 Å². The summed E-state index contributed by atoms with van der Waals surface area (Å²) in [5, 5.41) is 4.83. The van der Waals surface area contributed by atoms with Crippen LogP contribution in [0.4, 0.5) is 0 Å². The van der Waals surface area contributed by atoms with Crippen molar-refractivity contribution >= 4 is 28.9 Å². The SMILES string of the molecule is Cc1ccc(-n2cc(C3OCC(=O)N3CC[C@H]3C=CC(OI)=CC3)c(-c3ccoc3)n2)cc1. The molecule has 0 N–H and O–H groups in total. The van der Waals surface area contributed by atoms with Crippen LogP contribution in [-0.4, -0.2) is 33.7 Å². The highest BCUT2D eigenvalue weighted by Crippen LogP contribution is 2.36. The molecule has 7 nitrogen and oxygen atoms in total. The van der Waals surface area contributed by atoms with E-state index in [4.69, 9.17) is 17.3 Å². The van der Waals surface area contributed by atoms with Crippen LogP contribution in [0.25, 0.3) is 16.9 Å². The second-order valence-corrected chi connectivity index (χ2v) is 8.74. The number of furan rings is 1.